The first-order valence-corrected chi connectivity index (χ1v) is 11.8. The maximum atomic E-state index is 12.0. The smallest absolute Gasteiger partial charge is 0.163 e. The lowest BCUT2D eigenvalue weighted by Gasteiger charge is -2.14. The number of aromatic nitrogens is 3. The van der Waals surface area contributed by atoms with E-state index in [1.54, 1.807) is 37.6 Å². The molecule has 32 heavy (non-hydrogen) atoms. The Kier molecular flexibility index (Phi) is 5.91. The van der Waals surface area contributed by atoms with Gasteiger partial charge in [0.25, 0.3) is 0 Å². The highest BCUT2D eigenvalue weighted by atomic mass is 32.2. The van der Waals surface area contributed by atoms with Gasteiger partial charge in [0.15, 0.2) is 11.5 Å². The van der Waals surface area contributed by atoms with Crippen LogP contribution in [0.5, 0.6) is 11.5 Å². The average Bonchev–Trinajstić information content (AvgIpc) is 2.78. The zero-order chi connectivity index (χ0) is 22.7. The molecule has 0 fully saturated rings. The van der Waals surface area contributed by atoms with Gasteiger partial charge in [-0.3, -0.25) is 4.98 Å². The molecule has 8 nitrogen and oxygen atoms in total. The van der Waals surface area contributed by atoms with Crippen LogP contribution in [0.15, 0.2) is 66.0 Å². The second kappa shape index (κ2) is 8.80. The quantitative estimate of drug-likeness (QED) is 0.421. The number of hydrogen-bond acceptors (Lipinski definition) is 8. The number of methoxy groups -OCH3 is 1. The van der Waals surface area contributed by atoms with Gasteiger partial charge in [0, 0.05) is 28.3 Å². The van der Waals surface area contributed by atoms with Crippen molar-refractivity contribution >= 4 is 32.1 Å². The van der Waals surface area contributed by atoms with E-state index in [4.69, 9.17) is 14.3 Å². The fraction of sp³-hybridized carbons (Fsp3) is 0.174. The van der Waals surface area contributed by atoms with Crippen molar-refractivity contribution in [2.75, 3.05) is 18.7 Å². The Morgan fingerprint density at radius 2 is 1.91 bits per heavy atom. The van der Waals surface area contributed by atoms with E-state index in [2.05, 4.69) is 20.3 Å². The number of pyridine rings is 1. The van der Waals surface area contributed by atoms with Gasteiger partial charge in [-0.1, -0.05) is 12.1 Å². The van der Waals surface area contributed by atoms with Gasteiger partial charge in [-0.25, -0.2) is 19.0 Å². The lowest BCUT2D eigenvalue weighted by molar-refractivity contribution is 0.285. The lowest BCUT2D eigenvalue weighted by atomic mass is 10.2. The highest BCUT2D eigenvalue weighted by molar-refractivity contribution is 7.91. The highest BCUT2D eigenvalue weighted by Crippen LogP contribution is 2.35. The van der Waals surface area contributed by atoms with Crippen LogP contribution >= 0.6 is 0 Å². The second-order valence-corrected chi connectivity index (χ2v) is 9.49. The van der Waals surface area contributed by atoms with Crippen molar-refractivity contribution in [1.82, 2.24) is 15.0 Å². The number of ether oxygens (including phenoxy) is 2. The molecule has 1 atom stereocenters. The third kappa shape index (κ3) is 4.78. The standard InChI is InChI=1S/C23H23N5O3S/c1-15-7-8-17(12-25-15)28-23-19-10-21(30-2)22(11-20(19)26-14-27-23)31-13-16-5-4-6-18(9-16)32(3,24)29/h4-12,14,24H,13H2,1-3H3,(H,26,27,28). The SMILES string of the molecule is COc1cc2c(Nc3ccc(C)nc3)ncnc2cc1OCc1cccc(S(C)(=N)=O)c1. The maximum absolute atomic E-state index is 12.0. The Balaban J connectivity index is 1.62. The summed E-state index contributed by atoms with van der Waals surface area (Å²) in [7, 11) is -1.22. The molecule has 0 aliphatic carbocycles. The van der Waals surface area contributed by atoms with E-state index >= 15 is 0 Å². The molecule has 0 saturated carbocycles. The molecule has 4 aromatic rings. The molecule has 2 aromatic heterocycles. The third-order valence-corrected chi connectivity index (χ3v) is 5.99. The summed E-state index contributed by atoms with van der Waals surface area (Å²) in [6, 6.07) is 14.5. The van der Waals surface area contributed by atoms with Gasteiger partial charge >= 0.3 is 0 Å². The number of fused-ring (bicyclic) bond motifs is 1. The first-order valence-electron chi connectivity index (χ1n) is 9.81. The van der Waals surface area contributed by atoms with Crippen LogP contribution in [-0.2, 0) is 16.3 Å². The molecule has 2 aromatic carbocycles. The van der Waals surface area contributed by atoms with Gasteiger partial charge in [0.1, 0.15) is 18.8 Å². The van der Waals surface area contributed by atoms with Crippen molar-refractivity contribution < 1.29 is 13.7 Å². The zero-order valence-corrected chi connectivity index (χ0v) is 18.8. The minimum absolute atomic E-state index is 0.233. The van der Waals surface area contributed by atoms with Crippen molar-refractivity contribution in [3.8, 4) is 11.5 Å². The van der Waals surface area contributed by atoms with E-state index in [1.165, 1.54) is 12.6 Å². The van der Waals surface area contributed by atoms with Crippen LogP contribution in [0.1, 0.15) is 11.3 Å². The number of rotatable bonds is 7. The van der Waals surface area contributed by atoms with Crippen molar-refractivity contribution in [3.05, 3.63) is 72.3 Å². The van der Waals surface area contributed by atoms with E-state index in [1.807, 2.05) is 31.2 Å². The molecule has 2 heterocycles. The van der Waals surface area contributed by atoms with Crippen molar-refractivity contribution in [3.63, 3.8) is 0 Å². The molecule has 1 unspecified atom stereocenters. The van der Waals surface area contributed by atoms with Crippen LogP contribution in [0.2, 0.25) is 0 Å². The van der Waals surface area contributed by atoms with Crippen molar-refractivity contribution in [2.45, 2.75) is 18.4 Å². The molecule has 0 spiro atoms. The summed E-state index contributed by atoms with van der Waals surface area (Å²) in [6.07, 6.45) is 4.63. The van der Waals surface area contributed by atoms with Crippen molar-refractivity contribution in [2.24, 2.45) is 0 Å². The van der Waals surface area contributed by atoms with E-state index in [-0.39, 0.29) is 6.61 Å². The summed E-state index contributed by atoms with van der Waals surface area (Å²) in [5, 5.41) is 4.05. The number of nitrogens with zero attached hydrogens (tertiary/aromatic N) is 3. The average molecular weight is 450 g/mol. The van der Waals surface area contributed by atoms with Crippen LogP contribution in [-0.4, -0.2) is 32.5 Å². The molecule has 0 bridgehead atoms. The summed E-state index contributed by atoms with van der Waals surface area (Å²) < 4.78 is 31.3. The summed E-state index contributed by atoms with van der Waals surface area (Å²) in [5.74, 6) is 1.69. The first kappa shape index (κ1) is 21.5. The van der Waals surface area contributed by atoms with Gasteiger partial charge in [0.05, 0.1) is 34.2 Å². The van der Waals surface area contributed by atoms with Crippen molar-refractivity contribution in [1.29, 1.82) is 4.78 Å². The Bertz CT molecular complexity index is 1370. The highest BCUT2D eigenvalue weighted by Gasteiger charge is 2.13. The Morgan fingerprint density at radius 1 is 1.06 bits per heavy atom. The van der Waals surface area contributed by atoms with Gasteiger partial charge in [-0.15, -0.1) is 0 Å². The molecular formula is C23H23N5O3S. The number of anilines is 2. The number of benzene rings is 2. The monoisotopic (exact) mass is 449 g/mol. The van der Waals surface area contributed by atoms with Crippen LogP contribution in [0.25, 0.3) is 10.9 Å². The molecule has 0 aliphatic heterocycles. The minimum Gasteiger partial charge on any atom is -0.493 e. The lowest BCUT2D eigenvalue weighted by Crippen LogP contribution is -2.02. The summed E-state index contributed by atoms with van der Waals surface area (Å²) >= 11 is 0. The molecule has 4 rings (SSSR count). The van der Waals surface area contributed by atoms with Crippen LogP contribution < -0.4 is 14.8 Å². The second-order valence-electron chi connectivity index (χ2n) is 7.34. The Labute approximate surface area is 186 Å². The topological polar surface area (TPSA) is 110 Å². The Hall–Kier alpha value is -3.72. The molecule has 9 heteroatoms. The van der Waals surface area contributed by atoms with Gasteiger partial charge in [-0.2, -0.15) is 0 Å². The summed E-state index contributed by atoms with van der Waals surface area (Å²) in [5.41, 5.74) is 3.25. The molecule has 2 N–H and O–H groups in total. The predicted octanol–water partition coefficient (Wildman–Crippen LogP) is 4.70. The number of nitrogens with one attached hydrogen (secondary N) is 2. The molecule has 0 aliphatic rings. The predicted molar refractivity (Wildman–Crippen MR) is 124 cm³/mol. The van der Waals surface area contributed by atoms with Gasteiger partial charge in [0.2, 0.25) is 0 Å². The molecule has 0 saturated heterocycles. The van der Waals surface area contributed by atoms with Gasteiger partial charge in [-0.05, 0) is 42.8 Å². The molecule has 0 radical (unpaired) electrons. The number of hydrogen-bond donors (Lipinski definition) is 2. The largest absolute Gasteiger partial charge is 0.493 e. The van der Waals surface area contributed by atoms with Gasteiger partial charge < -0.3 is 14.8 Å². The Morgan fingerprint density at radius 3 is 2.62 bits per heavy atom. The van der Waals surface area contributed by atoms with Crippen LogP contribution in [0.3, 0.4) is 0 Å². The van der Waals surface area contributed by atoms with Crippen LogP contribution in [0, 0.1) is 11.7 Å². The minimum atomic E-state index is -2.79. The first-order chi connectivity index (χ1) is 15.3. The fourth-order valence-corrected chi connectivity index (χ4v) is 3.87. The maximum Gasteiger partial charge on any atom is 0.163 e. The normalized spacial score (nSPS) is 12.8. The fourth-order valence-electron chi connectivity index (χ4n) is 3.15. The van der Waals surface area contributed by atoms with E-state index in [9.17, 15) is 4.21 Å². The summed E-state index contributed by atoms with van der Waals surface area (Å²) in [4.78, 5) is 13.5. The zero-order valence-electron chi connectivity index (χ0n) is 18.0. The molecule has 164 valence electrons. The summed E-state index contributed by atoms with van der Waals surface area (Å²) in [6.45, 7) is 2.16. The number of aryl methyl sites for hydroxylation is 1. The molecular weight excluding hydrogens is 426 g/mol. The van der Waals surface area contributed by atoms with Crippen LogP contribution in [0.4, 0.5) is 11.5 Å². The third-order valence-electron chi connectivity index (χ3n) is 4.84. The van der Waals surface area contributed by atoms with E-state index in [0.717, 1.165) is 22.3 Å². The van der Waals surface area contributed by atoms with E-state index in [0.29, 0.717) is 27.7 Å². The molecule has 0 amide bonds. The van der Waals surface area contributed by atoms with E-state index < -0.39 is 9.73 Å².